The standard InChI is InChI=1S/C9H12N2O/c1-4-7(2)11-8(3)9(6-12)5-10-11/h4-7H,1H2,2-3H3. The zero-order chi connectivity index (χ0) is 9.14. The molecule has 0 aliphatic carbocycles. The lowest BCUT2D eigenvalue weighted by molar-refractivity contribution is 0.112. The maximum atomic E-state index is 10.5. The second-order valence-corrected chi connectivity index (χ2v) is 2.72. The quantitative estimate of drug-likeness (QED) is 0.504. The van der Waals surface area contributed by atoms with Gasteiger partial charge in [-0.2, -0.15) is 5.10 Å². The van der Waals surface area contributed by atoms with Crippen molar-refractivity contribution in [3.8, 4) is 0 Å². The zero-order valence-corrected chi connectivity index (χ0v) is 7.32. The summed E-state index contributed by atoms with van der Waals surface area (Å²) >= 11 is 0. The highest BCUT2D eigenvalue weighted by Gasteiger charge is 2.07. The van der Waals surface area contributed by atoms with Crippen LogP contribution in [0.1, 0.15) is 29.0 Å². The number of aldehydes is 1. The van der Waals surface area contributed by atoms with Gasteiger partial charge in [0, 0.05) is 5.69 Å². The van der Waals surface area contributed by atoms with Crippen LogP contribution in [0.4, 0.5) is 0 Å². The second kappa shape index (κ2) is 3.34. The highest BCUT2D eigenvalue weighted by molar-refractivity contribution is 5.75. The molecule has 3 nitrogen and oxygen atoms in total. The van der Waals surface area contributed by atoms with E-state index in [1.165, 1.54) is 0 Å². The molecule has 64 valence electrons. The Hall–Kier alpha value is -1.38. The third-order valence-electron chi connectivity index (χ3n) is 1.94. The number of carbonyl (C=O) groups excluding carboxylic acids is 1. The number of hydrogen-bond acceptors (Lipinski definition) is 2. The minimum Gasteiger partial charge on any atom is -0.298 e. The molecule has 12 heavy (non-hydrogen) atoms. The van der Waals surface area contributed by atoms with Crippen LogP contribution in [-0.4, -0.2) is 16.1 Å². The summed E-state index contributed by atoms with van der Waals surface area (Å²) in [5.74, 6) is 0. The Labute approximate surface area is 71.7 Å². The van der Waals surface area contributed by atoms with Crippen molar-refractivity contribution in [2.45, 2.75) is 19.9 Å². The van der Waals surface area contributed by atoms with Gasteiger partial charge in [0.1, 0.15) is 0 Å². The maximum Gasteiger partial charge on any atom is 0.153 e. The van der Waals surface area contributed by atoms with E-state index in [0.717, 1.165) is 12.0 Å². The van der Waals surface area contributed by atoms with Crippen LogP contribution in [0.15, 0.2) is 18.9 Å². The van der Waals surface area contributed by atoms with Crippen LogP contribution in [-0.2, 0) is 0 Å². The fourth-order valence-corrected chi connectivity index (χ4v) is 1.06. The van der Waals surface area contributed by atoms with Gasteiger partial charge in [-0.15, -0.1) is 6.58 Å². The average molecular weight is 164 g/mol. The number of allylic oxidation sites excluding steroid dienone is 1. The third kappa shape index (κ3) is 1.30. The Morgan fingerprint density at radius 3 is 2.83 bits per heavy atom. The molecule has 0 aliphatic rings. The molecule has 1 atom stereocenters. The maximum absolute atomic E-state index is 10.5. The Balaban J connectivity index is 3.09. The minimum absolute atomic E-state index is 0.138. The van der Waals surface area contributed by atoms with Crippen molar-refractivity contribution in [1.82, 2.24) is 9.78 Å². The van der Waals surface area contributed by atoms with Crippen molar-refractivity contribution < 1.29 is 4.79 Å². The molecule has 0 fully saturated rings. The van der Waals surface area contributed by atoms with Crippen LogP contribution in [0.5, 0.6) is 0 Å². The predicted octanol–water partition coefficient (Wildman–Crippen LogP) is 1.75. The first kappa shape index (κ1) is 8.71. The molecule has 0 amide bonds. The highest BCUT2D eigenvalue weighted by Crippen LogP contribution is 2.11. The van der Waals surface area contributed by atoms with E-state index in [4.69, 9.17) is 0 Å². The van der Waals surface area contributed by atoms with Crippen molar-refractivity contribution in [2.24, 2.45) is 0 Å². The molecule has 1 unspecified atom stereocenters. The third-order valence-corrected chi connectivity index (χ3v) is 1.94. The van der Waals surface area contributed by atoms with E-state index in [0.29, 0.717) is 5.56 Å². The second-order valence-electron chi connectivity index (χ2n) is 2.72. The summed E-state index contributed by atoms with van der Waals surface area (Å²) in [5, 5.41) is 4.07. The fraction of sp³-hybridized carbons (Fsp3) is 0.333. The molecular weight excluding hydrogens is 152 g/mol. The van der Waals surface area contributed by atoms with Gasteiger partial charge in [0.05, 0.1) is 17.8 Å². The van der Waals surface area contributed by atoms with E-state index < -0.39 is 0 Å². The summed E-state index contributed by atoms with van der Waals surface area (Å²) in [6.45, 7) is 7.51. The Bertz CT molecular complexity index is 301. The average Bonchev–Trinajstić information content (AvgIpc) is 2.45. The van der Waals surface area contributed by atoms with E-state index in [-0.39, 0.29) is 6.04 Å². The molecule has 0 aliphatic heterocycles. The summed E-state index contributed by atoms with van der Waals surface area (Å²) in [4.78, 5) is 10.5. The highest BCUT2D eigenvalue weighted by atomic mass is 16.1. The van der Waals surface area contributed by atoms with Gasteiger partial charge < -0.3 is 0 Å². The summed E-state index contributed by atoms with van der Waals surface area (Å²) in [6, 6.07) is 0.138. The van der Waals surface area contributed by atoms with Gasteiger partial charge in [-0.1, -0.05) is 6.08 Å². The number of aromatic nitrogens is 2. The number of hydrogen-bond donors (Lipinski definition) is 0. The van der Waals surface area contributed by atoms with Crippen LogP contribution >= 0.6 is 0 Å². The molecule has 1 heterocycles. The van der Waals surface area contributed by atoms with Crippen LogP contribution in [0.2, 0.25) is 0 Å². The van der Waals surface area contributed by atoms with Crippen LogP contribution in [0.3, 0.4) is 0 Å². The largest absolute Gasteiger partial charge is 0.298 e. The molecule has 0 aromatic carbocycles. The monoisotopic (exact) mass is 164 g/mol. The van der Waals surface area contributed by atoms with E-state index in [9.17, 15) is 4.79 Å². The van der Waals surface area contributed by atoms with Crippen LogP contribution in [0, 0.1) is 6.92 Å². The molecule has 0 saturated carbocycles. The number of rotatable bonds is 3. The van der Waals surface area contributed by atoms with E-state index in [1.54, 1.807) is 17.0 Å². The van der Waals surface area contributed by atoms with Gasteiger partial charge in [-0.05, 0) is 13.8 Å². The van der Waals surface area contributed by atoms with Gasteiger partial charge in [0.2, 0.25) is 0 Å². The molecule has 1 aromatic rings. The van der Waals surface area contributed by atoms with Crippen molar-refractivity contribution in [3.63, 3.8) is 0 Å². The van der Waals surface area contributed by atoms with Gasteiger partial charge in [0.15, 0.2) is 6.29 Å². The normalized spacial score (nSPS) is 12.5. The SMILES string of the molecule is C=CC(C)n1ncc(C=O)c1C. The minimum atomic E-state index is 0.138. The van der Waals surface area contributed by atoms with Crippen molar-refractivity contribution in [3.05, 3.63) is 30.1 Å². The molecule has 0 spiro atoms. The first-order valence-corrected chi connectivity index (χ1v) is 3.82. The molecule has 3 heteroatoms. The summed E-state index contributed by atoms with van der Waals surface area (Å²) in [5.41, 5.74) is 1.53. The van der Waals surface area contributed by atoms with E-state index >= 15 is 0 Å². The molecule has 0 saturated heterocycles. The van der Waals surface area contributed by atoms with Gasteiger partial charge >= 0.3 is 0 Å². The lowest BCUT2D eigenvalue weighted by Crippen LogP contribution is -2.05. The first-order valence-electron chi connectivity index (χ1n) is 3.82. The number of nitrogens with zero attached hydrogens (tertiary/aromatic N) is 2. The summed E-state index contributed by atoms with van der Waals surface area (Å²) in [6.07, 6.45) is 4.17. The van der Waals surface area contributed by atoms with Crippen molar-refractivity contribution >= 4 is 6.29 Å². The van der Waals surface area contributed by atoms with Crippen LogP contribution < -0.4 is 0 Å². The molecule has 1 rings (SSSR count). The van der Waals surface area contributed by atoms with Gasteiger partial charge in [-0.25, -0.2) is 0 Å². The molecule has 0 radical (unpaired) electrons. The molecule has 0 N–H and O–H groups in total. The number of carbonyl (C=O) groups is 1. The van der Waals surface area contributed by atoms with E-state index in [2.05, 4.69) is 11.7 Å². The van der Waals surface area contributed by atoms with E-state index in [1.807, 2.05) is 13.8 Å². The van der Waals surface area contributed by atoms with Gasteiger partial charge in [0.25, 0.3) is 0 Å². The Kier molecular flexibility index (Phi) is 2.43. The van der Waals surface area contributed by atoms with Crippen molar-refractivity contribution in [1.29, 1.82) is 0 Å². The lowest BCUT2D eigenvalue weighted by Gasteiger charge is -2.08. The zero-order valence-electron chi connectivity index (χ0n) is 7.32. The summed E-state index contributed by atoms with van der Waals surface area (Å²) in [7, 11) is 0. The first-order chi connectivity index (χ1) is 5.70. The topological polar surface area (TPSA) is 34.9 Å². The molecule has 1 aromatic heterocycles. The Morgan fingerprint density at radius 2 is 2.42 bits per heavy atom. The predicted molar refractivity (Wildman–Crippen MR) is 47.3 cm³/mol. The Morgan fingerprint density at radius 1 is 1.75 bits per heavy atom. The van der Waals surface area contributed by atoms with Gasteiger partial charge in [-0.3, -0.25) is 9.48 Å². The van der Waals surface area contributed by atoms with Crippen molar-refractivity contribution in [2.75, 3.05) is 0 Å². The lowest BCUT2D eigenvalue weighted by atomic mass is 10.2. The molecule has 0 bridgehead atoms. The van der Waals surface area contributed by atoms with Crippen LogP contribution in [0.25, 0.3) is 0 Å². The smallest absolute Gasteiger partial charge is 0.153 e. The fourth-order valence-electron chi connectivity index (χ4n) is 1.06. The molecular formula is C9H12N2O. The summed E-state index contributed by atoms with van der Waals surface area (Å²) < 4.78 is 1.77.